The summed E-state index contributed by atoms with van der Waals surface area (Å²) >= 11 is 0. The average molecular weight is 357 g/mol. The van der Waals surface area contributed by atoms with E-state index in [0.29, 0.717) is 28.9 Å². The van der Waals surface area contributed by atoms with Crippen LogP contribution in [0.15, 0.2) is 30.3 Å². The van der Waals surface area contributed by atoms with Crippen molar-refractivity contribution in [3.05, 3.63) is 53.2 Å². The van der Waals surface area contributed by atoms with E-state index in [1.807, 2.05) is 6.07 Å². The van der Waals surface area contributed by atoms with Crippen LogP contribution in [-0.2, 0) is 6.54 Å². The standard InChI is InChI=1S/C17H17F2N7/c18-11-4-3-10(12(19)5-11)8-21-14-7-15(24-17(20)23-14)22-16-6-13(25-26-16)9-1-2-9/h3-7,9H,1-2,8H2,(H5,20,21,22,23,24,25,26). The van der Waals surface area contributed by atoms with Crippen molar-refractivity contribution in [2.45, 2.75) is 25.3 Å². The van der Waals surface area contributed by atoms with E-state index in [4.69, 9.17) is 5.73 Å². The molecule has 4 rings (SSSR count). The van der Waals surface area contributed by atoms with E-state index >= 15 is 0 Å². The normalized spacial score (nSPS) is 13.6. The van der Waals surface area contributed by atoms with Gasteiger partial charge in [0.2, 0.25) is 5.95 Å². The number of nitrogens with one attached hydrogen (secondary N) is 3. The molecule has 1 aromatic carbocycles. The molecule has 0 radical (unpaired) electrons. The Balaban J connectivity index is 1.46. The number of H-pyrrole nitrogens is 1. The predicted molar refractivity (Wildman–Crippen MR) is 94.0 cm³/mol. The number of aromatic nitrogens is 4. The molecule has 7 nitrogen and oxygen atoms in total. The molecule has 5 N–H and O–H groups in total. The lowest BCUT2D eigenvalue weighted by Gasteiger charge is -2.09. The van der Waals surface area contributed by atoms with Gasteiger partial charge in [-0.1, -0.05) is 6.07 Å². The molecule has 3 aromatic rings. The number of nitrogens with two attached hydrogens (primary N) is 1. The van der Waals surface area contributed by atoms with Crippen LogP contribution in [0.5, 0.6) is 0 Å². The zero-order valence-corrected chi connectivity index (χ0v) is 13.8. The Morgan fingerprint density at radius 1 is 1.08 bits per heavy atom. The van der Waals surface area contributed by atoms with Crippen molar-refractivity contribution in [2.75, 3.05) is 16.4 Å². The van der Waals surface area contributed by atoms with Crippen molar-refractivity contribution in [1.29, 1.82) is 0 Å². The Kier molecular flexibility index (Phi) is 4.11. The molecule has 134 valence electrons. The van der Waals surface area contributed by atoms with Crippen molar-refractivity contribution in [2.24, 2.45) is 0 Å². The Labute approximate surface area is 148 Å². The third kappa shape index (κ3) is 3.71. The fourth-order valence-corrected chi connectivity index (χ4v) is 2.61. The molecule has 26 heavy (non-hydrogen) atoms. The summed E-state index contributed by atoms with van der Waals surface area (Å²) in [5, 5.41) is 13.2. The van der Waals surface area contributed by atoms with Crippen molar-refractivity contribution in [3.63, 3.8) is 0 Å². The Morgan fingerprint density at radius 3 is 2.65 bits per heavy atom. The first-order valence-corrected chi connectivity index (χ1v) is 8.21. The minimum Gasteiger partial charge on any atom is -0.368 e. The Morgan fingerprint density at radius 2 is 1.88 bits per heavy atom. The third-order valence-electron chi connectivity index (χ3n) is 4.09. The Bertz CT molecular complexity index is 937. The lowest BCUT2D eigenvalue weighted by atomic mass is 10.2. The monoisotopic (exact) mass is 357 g/mol. The fraction of sp³-hybridized carbons (Fsp3) is 0.235. The molecule has 1 aliphatic rings. The molecule has 0 atom stereocenters. The van der Waals surface area contributed by atoms with Gasteiger partial charge in [-0.05, 0) is 18.9 Å². The number of anilines is 4. The highest BCUT2D eigenvalue weighted by atomic mass is 19.1. The maximum atomic E-state index is 13.7. The topological polar surface area (TPSA) is 105 Å². The van der Waals surface area contributed by atoms with Crippen LogP contribution in [0.1, 0.15) is 30.0 Å². The molecular weight excluding hydrogens is 340 g/mol. The zero-order valence-electron chi connectivity index (χ0n) is 13.8. The van der Waals surface area contributed by atoms with Crippen molar-refractivity contribution >= 4 is 23.4 Å². The molecule has 0 unspecified atom stereocenters. The second-order valence-electron chi connectivity index (χ2n) is 6.19. The lowest BCUT2D eigenvalue weighted by Crippen LogP contribution is -2.07. The van der Waals surface area contributed by atoms with Gasteiger partial charge in [-0.3, -0.25) is 5.10 Å². The van der Waals surface area contributed by atoms with Crippen LogP contribution in [0, 0.1) is 11.6 Å². The molecule has 0 saturated heterocycles. The molecule has 1 saturated carbocycles. The second kappa shape index (κ2) is 6.58. The van der Waals surface area contributed by atoms with Crippen molar-refractivity contribution in [1.82, 2.24) is 20.2 Å². The molecule has 1 aliphatic carbocycles. The van der Waals surface area contributed by atoms with Crippen LogP contribution in [0.3, 0.4) is 0 Å². The van der Waals surface area contributed by atoms with Gasteiger partial charge in [-0.25, -0.2) is 8.78 Å². The van der Waals surface area contributed by atoms with Gasteiger partial charge in [-0.15, -0.1) is 0 Å². The van der Waals surface area contributed by atoms with Gasteiger partial charge in [0.05, 0.1) is 0 Å². The van der Waals surface area contributed by atoms with E-state index < -0.39 is 11.6 Å². The summed E-state index contributed by atoms with van der Waals surface area (Å²) in [5.74, 6) is 0.914. The van der Waals surface area contributed by atoms with Gasteiger partial charge < -0.3 is 16.4 Å². The van der Waals surface area contributed by atoms with Crippen LogP contribution in [0.4, 0.5) is 32.2 Å². The van der Waals surface area contributed by atoms with Gasteiger partial charge in [0.15, 0.2) is 5.82 Å². The minimum atomic E-state index is -0.623. The average Bonchev–Trinajstić information content (AvgIpc) is 3.34. The fourth-order valence-electron chi connectivity index (χ4n) is 2.61. The first kappa shape index (κ1) is 16.2. The lowest BCUT2D eigenvalue weighted by molar-refractivity contribution is 0.574. The number of hydrogen-bond acceptors (Lipinski definition) is 6. The van der Waals surface area contributed by atoms with Crippen LogP contribution >= 0.6 is 0 Å². The molecule has 2 aromatic heterocycles. The molecular formula is C17H17F2N7. The number of halogens is 2. The van der Waals surface area contributed by atoms with E-state index in [0.717, 1.165) is 11.8 Å². The van der Waals surface area contributed by atoms with Crippen molar-refractivity contribution < 1.29 is 8.78 Å². The van der Waals surface area contributed by atoms with Gasteiger partial charge in [0.1, 0.15) is 23.3 Å². The minimum absolute atomic E-state index is 0.0648. The van der Waals surface area contributed by atoms with E-state index in [1.165, 1.54) is 25.0 Å². The molecule has 0 aliphatic heterocycles. The van der Waals surface area contributed by atoms with E-state index in [-0.39, 0.29) is 12.5 Å². The van der Waals surface area contributed by atoms with Crippen LogP contribution < -0.4 is 16.4 Å². The SMILES string of the molecule is Nc1nc(NCc2ccc(F)cc2F)cc(Nc2cc(C3CC3)[nH]n2)n1. The van der Waals surface area contributed by atoms with E-state index in [9.17, 15) is 8.78 Å². The maximum Gasteiger partial charge on any atom is 0.223 e. The van der Waals surface area contributed by atoms with Gasteiger partial charge >= 0.3 is 0 Å². The van der Waals surface area contributed by atoms with Crippen LogP contribution in [0.2, 0.25) is 0 Å². The van der Waals surface area contributed by atoms with Gasteiger partial charge in [0, 0.05) is 41.9 Å². The first-order chi connectivity index (χ1) is 12.6. The number of rotatable bonds is 6. The number of aromatic amines is 1. The summed E-state index contributed by atoms with van der Waals surface area (Å²) in [6.07, 6.45) is 2.35. The molecule has 9 heteroatoms. The summed E-state index contributed by atoms with van der Waals surface area (Å²) in [4.78, 5) is 8.19. The quantitative estimate of drug-likeness (QED) is 0.540. The number of benzene rings is 1. The van der Waals surface area contributed by atoms with Gasteiger partial charge in [-0.2, -0.15) is 15.1 Å². The molecule has 1 fully saturated rings. The Hall–Kier alpha value is -3.23. The molecule has 0 spiro atoms. The van der Waals surface area contributed by atoms with Crippen molar-refractivity contribution in [3.8, 4) is 0 Å². The second-order valence-corrected chi connectivity index (χ2v) is 6.19. The van der Waals surface area contributed by atoms with E-state index in [2.05, 4.69) is 30.8 Å². The highest BCUT2D eigenvalue weighted by Crippen LogP contribution is 2.39. The number of nitrogens with zero attached hydrogens (tertiary/aromatic N) is 3. The van der Waals surface area contributed by atoms with Gasteiger partial charge in [0.25, 0.3) is 0 Å². The highest BCUT2D eigenvalue weighted by Gasteiger charge is 2.25. The highest BCUT2D eigenvalue weighted by molar-refractivity contribution is 5.58. The summed E-state index contributed by atoms with van der Waals surface area (Å²) < 4.78 is 26.7. The largest absolute Gasteiger partial charge is 0.368 e. The smallest absolute Gasteiger partial charge is 0.223 e. The summed E-state index contributed by atoms with van der Waals surface area (Å²) in [6, 6.07) is 7.01. The third-order valence-corrected chi connectivity index (χ3v) is 4.09. The van der Waals surface area contributed by atoms with Crippen LogP contribution in [0.25, 0.3) is 0 Å². The summed E-state index contributed by atoms with van der Waals surface area (Å²) in [6.45, 7) is 0.135. The molecule has 2 heterocycles. The van der Waals surface area contributed by atoms with Crippen LogP contribution in [-0.4, -0.2) is 20.2 Å². The predicted octanol–water partition coefficient (Wildman–Crippen LogP) is 3.29. The summed E-state index contributed by atoms with van der Waals surface area (Å²) in [5.41, 5.74) is 7.16. The van der Waals surface area contributed by atoms with E-state index in [1.54, 1.807) is 6.07 Å². The zero-order chi connectivity index (χ0) is 18.1. The maximum absolute atomic E-state index is 13.7. The molecule has 0 bridgehead atoms. The number of hydrogen-bond donors (Lipinski definition) is 4. The first-order valence-electron chi connectivity index (χ1n) is 8.21. The number of nitrogen functional groups attached to an aromatic ring is 1. The molecule has 0 amide bonds. The summed E-state index contributed by atoms with van der Waals surface area (Å²) in [7, 11) is 0.